The van der Waals surface area contributed by atoms with E-state index >= 15 is 0 Å². The van der Waals surface area contributed by atoms with Gasteiger partial charge in [-0.15, -0.1) is 0 Å². The van der Waals surface area contributed by atoms with E-state index in [1.54, 1.807) is 6.07 Å². The van der Waals surface area contributed by atoms with Gasteiger partial charge in [-0.25, -0.2) is 0 Å². The summed E-state index contributed by atoms with van der Waals surface area (Å²) in [6, 6.07) is 3.26. The third-order valence-electron chi connectivity index (χ3n) is 2.11. The third-order valence-corrected chi connectivity index (χ3v) is 2.11. The molecule has 0 aliphatic rings. The predicted molar refractivity (Wildman–Crippen MR) is 58.5 cm³/mol. The highest BCUT2D eigenvalue weighted by Gasteiger charge is 2.09. The number of hydrogen-bond acceptors (Lipinski definition) is 4. The minimum atomic E-state index is -0.406. The molecule has 0 saturated carbocycles. The SMILES string of the molecule is CC(=O)Oc1cc(C)c(C)c(OC(C)=O)c1. The van der Waals surface area contributed by atoms with Crippen molar-refractivity contribution >= 4 is 11.9 Å². The van der Waals surface area contributed by atoms with Gasteiger partial charge in [0.05, 0.1) is 0 Å². The van der Waals surface area contributed by atoms with Crippen LogP contribution in [-0.4, -0.2) is 11.9 Å². The van der Waals surface area contributed by atoms with E-state index in [1.165, 1.54) is 19.9 Å². The number of carbonyl (C=O) groups is 2. The molecule has 0 bridgehead atoms. The summed E-state index contributed by atoms with van der Waals surface area (Å²) in [6.45, 7) is 6.34. The second-order valence-corrected chi connectivity index (χ2v) is 3.55. The first-order valence-corrected chi connectivity index (χ1v) is 4.88. The van der Waals surface area contributed by atoms with Gasteiger partial charge in [0.1, 0.15) is 11.5 Å². The molecule has 0 aromatic heterocycles. The van der Waals surface area contributed by atoms with Crippen molar-refractivity contribution in [1.82, 2.24) is 0 Å². The van der Waals surface area contributed by atoms with Gasteiger partial charge < -0.3 is 9.47 Å². The van der Waals surface area contributed by atoms with E-state index in [-0.39, 0.29) is 0 Å². The number of hydrogen-bond donors (Lipinski definition) is 0. The van der Waals surface area contributed by atoms with Gasteiger partial charge in [-0.05, 0) is 31.0 Å². The summed E-state index contributed by atoms with van der Waals surface area (Å²) >= 11 is 0. The van der Waals surface area contributed by atoms with Gasteiger partial charge >= 0.3 is 11.9 Å². The van der Waals surface area contributed by atoms with E-state index < -0.39 is 11.9 Å². The van der Waals surface area contributed by atoms with Crippen LogP contribution < -0.4 is 9.47 Å². The summed E-state index contributed by atoms with van der Waals surface area (Å²) in [5.74, 6) is -0.00453. The lowest BCUT2D eigenvalue weighted by Crippen LogP contribution is -2.06. The molecule has 0 aliphatic carbocycles. The van der Waals surface area contributed by atoms with E-state index in [2.05, 4.69) is 0 Å². The number of benzene rings is 1. The fourth-order valence-corrected chi connectivity index (χ4v) is 1.28. The van der Waals surface area contributed by atoms with Crippen LogP contribution in [0, 0.1) is 13.8 Å². The van der Waals surface area contributed by atoms with Crippen molar-refractivity contribution in [3.05, 3.63) is 23.3 Å². The van der Waals surface area contributed by atoms with Gasteiger partial charge in [0.25, 0.3) is 0 Å². The van der Waals surface area contributed by atoms with Crippen molar-refractivity contribution in [2.75, 3.05) is 0 Å². The zero-order valence-electron chi connectivity index (χ0n) is 9.79. The number of esters is 2. The summed E-state index contributed by atoms with van der Waals surface area (Å²) in [6.07, 6.45) is 0. The van der Waals surface area contributed by atoms with Gasteiger partial charge in [0.15, 0.2) is 0 Å². The maximum atomic E-state index is 10.9. The molecule has 0 saturated heterocycles. The van der Waals surface area contributed by atoms with Crippen molar-refractivity contribution in [3.8, 4) is 11.5 Å². The molecule has 0 atom stereocenters. The monoisotopic (exact) mass is 222 g/mol. The Labute approximate surface area is 94.2 Å². The lowest BCUT2D eigenvalue weighted by Gasteiger charge is -2.10. The minimum Gasteiger partial charge on any atom is -0.427 e. The molecule has 0 N–H and O–H groups in total. The molecule has 86 valence electrons. The first-order chi connectivity index (χ1) is 7.40. The van der Waals surface area contributed by atoms with Gasteiger partial charge in [-0.2, -0.15) is 0 Å². The average Bonchev–Trinajstić information content (AvgIpc) is 2.11. The lowest BCUT2D eigenvalue weighted by molar-refractivity contribution is -0.132. The molecule has 1 aromatic carbocycles. The van der Waals surface area contributed by atoms with Crippen molar-refractivity contribution in [1.29, 1.82) is 0 Å². The second kappa shape index (κ2) is 4.79. The van der Waals surface area contributed by atoms with Crippen LogP contribution in [0.5, 0.6) is 11.5 Å². The van der Waals surface area contributed by atoms with Gasteiger partial charge in [-0.1, -0.05) is 0 Å². The van der Waals surface area contributed by atoms with Crippen LogP contribution in [0.4, 0.5) is 0 Å². The molecular formula is C12H14O4. The predicted octanol–water partition coefficient (Wildman–Crippen LogP) is 2.15. The largest absolute Gasteiger partial charge is 0.427 e. The molecule has 0 spiro atoms. The Hall–Kier alpha value is -1.84. The number of carbonyl (C=O) groups excluding carboxylic acids is 2. The normalized spacial score (nSPS) is 9.75. The van der Waals surface area contributed by atoms with Crippen LogP contribution in [0.25, 0.3) is 0 Å². The molecule has 1 aromatic rings. The standard InChI is InChI=1S/C12H14O4/c1-7-5-11(15-9(3)13)6-12(8(7)2)16-10(4)14/h5-6H,1-4H3. The molecule has 16 heavy (non-hydrogen) atoms. The van der Waals surface area contributed by atoms with E-state index in [0.29, 0.717) is 11.5 Å². The Morgan fingerprint density at radius 2 is 1.56 bits per heavy atom. The second-order valence-electron chi connectivity index (χ2n) is 3.55. The molecule has 4 nitrogen and oxygen atoms in total. The summed E-state index contributed by atoms with van der Waals surface area (Å²) in [5, 5.41) is 0. The highest BCUT2D eigenvalue weighted by Crippen LogP contribution is 2.28. The van der Waals surface area contributed by atoms with Gasteiger partial charge in [0, 0.05) is 19.9 Å². The average molecular weight is 222 g/mol. The fourth-order valence-electron chi connectivity index (χ4n) is 1.28. The quantitative estimate of drug-likeness (QED) is 0.568. The summed E-state index contributed by atoms with van der Waals surface area (Å²) in [4.78, 5) is 21.7. The molecule has 0 fully saturated rings. The molecular weight excluding hydrogens is 208 g/mol. The maximum Gasteiger partial charge on any atom is 0.308 e. The Bertz CT molecular complexity index is 435. The van der Waals surface area contributed by atoms with Gasteiger partial charge in [-0.3, -0.25) is 9.59 Å². The van der Waals surface area contributed by atoms with Gasteiger partial charge in [0.2, 0.25) is 0 Å². The lowest BCUT2D eigenvalue weighted by atomic mass is 10.1. The van der Waals surface area contributed by atoms with E-state index in [0.717, 1.165) is 11.1 Å². The molecule has 0 amide bonds. The molecule has 0 aliphatic heterocycles. The highest BCUT2D eigenvalue weighted by atomic mass is 16.5. The molecule has 1 rings (SSSR count). The van der Waals surface area contributed by atoms with Crippen molar-refractivity contribution < 1.29 is 19.1 Å². The zero-order chi connectivity index (χ0) is 12.3. The van der Waals surface area contributed by atoms with E-state index in [9.17, 15) is 9.59 Å². The van der Waals surface area contributed by atoms with Crippen LogP contribution in [0.15, 0.2) is 12.1 Å². The van der Waals surface area contributed by atoms with Crippen LogP contribution in [-0.2, 0) is 9.59 Å². The first-order valence-electron chi connectivity index (χ1n) is 4.88. The number of ether oxygens (including phenoxy) is 2. The minimum absolute atomic E-state index is 0.381. The Morgan fingerprint density at radius 1 is 1.00 bits per heavy atom. The highest BCUT2D eigenvalue weighted by molar-refractivity contribution is 5.72. The summed E-state index contributed by atoms with van der Waals surface area (Å²) in [5.41, 5.74) is 1.75. The van der Waals surface area contributed by atoms with Crippen LogP contribution in [0.1, 0.15) is 25.0 Å². The third kappa shape index (κ3) is 3.08. The smallest absolute Gasteiger partial charge is 0.308 e. The van der Waals surface area contributed by atoms with Crippen molar-refractivity contribution in [2.45, 2.75) is 27.7 Å². The molecule has 0 unspecified atom stereocenters. The number of rotatable bonds is 2. The summed E-state index contributed by atoms with van der Waals surface area (Å²) in [7, 11) is 0. The van der Waals surface area contributed by atoms with Crippen molar-refractivity contribution in [3.63, 3.8) is 0 Å². The van der Waals surface area contributed by atoms with E-state index in [4.69, 9.17) is 9.47 Å². The Balaban J connectivity index is 3.11. The molecule has 0 heterocycles. The van der Waals surface area contributed by atoms with Crippen molar-refractivity contribution in [2.24, 2.45) is 0 Å². The Kier molecular flexibility index (Phi) is 3.66. The number of aryl methyl sites for hydroxylation is 1. The first kappa shape index (κ1) is 12.2. The van der Waals surface area contributed by atoms with E-state index in [1.807, 2.05) is 13.8 Å². The van der Waals surface area contributed by atoms with Crippen LogP contribution in [0.2, 0.25) is 0 Å². The topological polar surface area (TPSA) is 52.6 Å². The van der Waals surface area contributed by atoms with Crippen LogP contribution in [0.3, 0.4) is 0 Å². The Morgan fingerprint density at radius 3 is 2.06 bits per heavy atom. The summed E-state index contributed by atoms with van der Waals surface area (Å²) < 4.78 is 9.96. The zero-order valence-corrected chi connectivity index (χ0v) is 9.79. The van der Waals surface area contributed by atoms with Crippen LogP contribution >= 0.6 is 0 Å². The molecule has 4 heteroatoms. The molecule has 0 radical (unpaired) electrons. The maximum absolute atomic E-state index is 10.9. The fraction of sp³-hybridized carbons (Fsp3) is 0.333.